The van der Waals surface area contributed by atoms with E-state index in [9.17, 15) is 17.6 Å². The zero-order valence-electron chi connectivity index (χ0n) is 19.0. The molecular weight excluding hydrogens is 458 g/mol. The van der Waals surface area contributed by atoms with Crippen LogP contribution in [0.5, 0.6) is 0 Å². The Kier molecular flexibility index (Phi) is 9.50. The van der Waals surface area contributed by atoms with Crippen molar-refractivity contribution in [3.63, 3.8) is 0 Å². The second-order valence-corrected chi connectivity index (χ2v) is 9.30. The minimum atomic E-state index is -0.961. The number of halogens is 4. The molecule has 1 aliphatic carbocycles. The van der Waals surface area contributed by atoms with Crippen LogP contribution in [0, 0.1) is 69.4 Å². The lowest BCUT2D eigenvalue weighted by atomic mass is 9.80. The molecule has 6 heteroatoms. The smallest absolute Gasteiger partial charge is 0.143 e. The highest BCUT2D eigenvalue weighted by molar-refractivity contribution is 8.03. The van der Waals surface area contributed by atoms with Crippen LogP contribution in [-0.2, 0) is 0 Å². The highest BCUT2D eigenvalue weighted by atomic mass is 32.2. The molecule has 0 saturated heterocycles. The van der Waals surface area contributed by atoms with Crippen LogP contribution in [0.1, 0.15) is 75.0 Å². The fourth-order valence-electron chi connectivity index (χ4n) is 4.14. The third kappa shape index (κ3) is 7.06. The van der Waals surface area contributed by atoms with E-state index in [1.165, 1.54) is 25.7 Å². The quantitative estimate of drug-likeness (QED) is 0.142. The topological polar surface area (TPSA) is 23.8 Å². The number of nitriles is 1. The lowest BCUT2D eigenvalue weighted by Crippen LogP contribution is -2.13. The van der Waals surface area contributed by atoms with Crippen LogP contribution in [0.15, 0.2) is 29.2 Å². The van der Waals surface area contributed by atoms with Gasteiger partial charge in [0.2, 0.25) is 0 Å². The van der Waals surface area contributed by atoms with Crippen molar-refractivity contribution in [2.75, 3.05) is 0 Å². The second kappa shape index (κ2) is 12.5. The van der Waals surface area contributed by atoms with Crippen molar-refractivity contribution in [3.8, 4) is 29.1 Å². The fourth-order valence-corrected chi connectivity index (χ4v) is 4.54. The Bertz CT molecular complexity index is 1140. The molecule has 0 atom stereocenters. The minimum absolute atomic E-state index is 0.0924. The summed E-state index contributed by atoms with van der Waals surface area (Å²) in [5, 5.41) is 10.2. The number of thiocyanates is 1. The van der Waals surface area contributed by atoms with Crippen molar-refractivity contribution in [3.05, 3.63) is 64.2 Å². The Labute approximate surface area is 202 Å². The first-order valence-corrected chi connectivity index (χ1v) is 12.3. The Morgan fingerprint density at radius 1 is 0.824 bits per heavy atom. The van der Waals surface area contributed by atoms with Gasteiger partial charge in [-0.15, -0.1) is 0 Å². The molecule has 0 spiro atoms. The monoisotopic (exact) mass is 483 g/mol. The number of thioether (sulfide) groups is 1. The predicted molar refractivity (Wildman–Crippen MR) is 127 cm³/mol. The number of benzene rings is 2. The molecule has 0 amide bonds. The SMILES string of the molecule is CCCCCC1CCC(C#Cc2cc(F)c(C#Cc3cc(F)c(SC#N)c(F)c3)c(F)c2)CC1. The molecule has 0 radical (unpaired) electrons. The molecule has 3 rings (SSSR count). The summed E-state index contributed by atoms with van der Waals surface area (Å²) in [5.74, 6) is 8.06. The lowest BCUT2D eigenvalue weighted by molar-refractivity contribution is 0.294. The van der Waals surface area contributed by atoms with Gasteiger partial charge in [-0.25, -0.2) is 17.6 Å². The van der Waals surface area contributed by atoms with E-state index < -0.39 is 33.7 Å². The van der Waals surface area contributed by atoms with Gasteiger partial charge in [-0.2, -0.15) is 5.26 Å². The molecule has 0 bridgehead atoms. The van der Waals surface area contributed by atoms with Gasteiger partial charge in [0.1, 0.15) is 28.7 Å². The maximum absolute atomic E-state index is 14.5. The van der Waals surface area contributed by atoms with Crippen LogP contribution in [0.3, 0.4) is 0 Å². The molecule has 176 valence electrons. The van der Waals surface area contributed by atoms with Crippen LogP contribution in [0.2, 0.25) is 0 Å². The van der Waals surface area contributed by atoms with Crippen LogP contribution >= 0.6 is 11.8 Å². The second-order valence-electron chi connectivity index (χ2n) is 8.51. The van der Waals surface area contributed by atoms with Gasteiger partial charge in [0.05, 0.1) is 10.5 Å². The van der Waals surface area contributed by atoms with Crippen LogP contribution in [-0.4, -0.2) is 0 Å². The summed E-state index contributed by atoms with van der Waals surface area (Å²) in [5.41, 5.74) is -0.347. The molecule has 1 fully saturated rings. The molecule has 0 unspecified atom stereocenters. The molecule has 0 aliphatic heterocycles. The van der Waals surface area contributed by atoms with Gasteiger partial charge in [0, 0.05) is 17.0 Å². The zero-order valence-corrected chi connectivity index (χ0v) is 19.8. The van der Waals surface area contributed by atoms with Crippen molar-refractivity contribution in [2.24, 2.45) is 11.8 Å². The van der Waals surface area contributed by atoms with Gasteiger partial charge in [-0.05, 0) is 67.6 Å². The maximum Gasteiger partial charge on any atom is 0.143 e. The van der Waals surface area contributed by atoms with Crippen molar-refractivity contribution < 1.29 is 17.6 Å². The van der Waals surface area contributed by atoms with E-state index >= 15 is 0 Å². The summed E-state index contributed by atoms with van der Waals surface area (Å²) in [6.07, 6.45) is 9.38. The van der Waals surface area contributed by atoms with Crippen molar-refractivity contribution in [1.29, 1.82) is 5.26 Å². The third-order valence-electron chi connectivity index (χ3n) is 6.00. The van der Waals surface area contributed by atoms with E-state index in [1.807, 2.05) is 0 Å². The van der Waals surface area contributed by atoms with Gasteiger partial charge >= 0.3 is 0 Å². The number of unbranched alkanes of at least 4 members (excludes halogenated alkanes) is 2. The highest BCUT2D eigenvalue weighted by Gasteiger charge is 2.19. The molecule has 1 aliphatic rings. The van der Waals surface area contributed by atoms with E-state index in [0.717, 1.165) is 55.9 Å². The largest absolute Gasteiger partial charge is 0.206 e. The van der Waals surface area contributed by atoms with E-state index in [1.54, 1.807) is 5.40 Å². The molecule has 2 aromatic carbocycles. The Balaban J connectivity index is 1.68. The normalized spacial score (nSPS) is 17.2. The van der Waals surface area contributed by atoms with Gasteiger partial charge in [-0.1, -0.05) is 56.3 Å². The molecule has 2 aromatic rings. The number of hydrogen-bond acceptors (Lipinski definition) is 2. The first-order valence-electron chi connectivity index (χ1n) is 11.5. The summed E-state index contributed by atoms with van der Waals surface area (Å²) in [6, 6.07) is 4.10. The Hall–Kier alpha value is -2.88. The summed E-state index contributed by atoms with van der Waals surface area (Å²) in [4.78, 5) is -0.446. The predicted octanol–water partition coefficient (Wildman–Crippen LogP) is 7.95. The lowest BCUT2D eigenvalue weighted by Gasteiger charge is -2.25. The van der Waals surface area contributed by atoms with Crippen LogP contribution in [0.25, 0.3) is 0 Å². The highest BCUT2D eigenvalue weighted by Crippen LogP contribution is 2.32. The molecule has 0 aromatic heterocycles. The Morgan fingerprint density at radius 2 is 1.41 bits per heavy atom. The number of hydrogen-bond donors (Lipinski definition) is 0. The van der Waals surface area contributed by atoms with Crippen molar-refractivity contribution >= 4 is 11.8 Å². The van der Waals surface area contributed by atoms with E-state index in [0.29, 0.717) is 11.8 Å². The summed E-state index contributed by atoms with van der Waals surface area (Å²) in [7, 11) is 0. The molecule has 1 saturated carbocycles. The molecular formula is C28H25F4NS. The number of nitrogens with zero attached hydrogens (tertiary/aromatic N) is 1. The van der Waals surface area contributed by atoms with Gasteiger partial charge in [-0.3, -0.25) is 0 Å². The van der Waals surface area contributed by atoms with Gasteiger partial charge in [0.15, 0.2) is 0 Å². The molecule has 0 heterocycles. The summed E-state index contributed by atoms with van der Waals surface area (Å²) >= 11 is 0.351. The standard InChI is InChI=1S/C28H25F4NS/c1-2-3-4-5-19-6-8-20(9-7-19)10-11-21-14-24(29)23(25(30)15-21)13-12-22-16-26(31)28(34-18-33)27(32)17-22/h14-17,19-20H,2-9H2,1H3. The third-order valence-corrected chi connectivity index (χ3v) is 6.69. The average molecular weight is 484 g/mol. The fraction of sp³-hybridized carbons (Fsp3) is 0.393. The molecule has 0 N–H and O–H groups in total. The maximum atomic E-state index is 14.5. The van der Waals surface area contributed by atoms with Crippen molar-refractivity contribution in [2.45, 2.75) is 63.2 Å². The van der Waals surface area contributed by atoms with E-state index in [-0.39, 0.29) is 17.0 Å². The summed E-state index contributed by atoms with van der Waals surface area (Å²) in [6.45, 7) is 2.20. The van der Waals surface area contributed by atoms with E-state index in [2.05, 4.69) is 30.6 Å². The number of rotatable bonds is 5. The van der Waals surface area contributed by atoms with Gasteiger partial charge < -0.3 is 0 Å². The zero-order chi connectivity index (χ0) is 24.5. The Morgan fingerprint density at radius 3 is 2.00 bits per heavy atom. The average Bonchev–Trinajstić information content (AvgIpc) is 2.80. The summed E-state index contributed by atoms with van der Waals surface area (Å²) < 4.78 is 56.8. The molecule has 34 heavy (non-hydrogen) atoms. The first-order chi connectivity index (χ1) is 16.4. The first kappa shape index (κ1) is 25.7. The minimum Gasteiger partial charge on any atom is -0.206 e. The molecule has 1 nitrogen and oxygen atoms in total. The van der Waals surface area contributed by atoms with E-state index in [4.69, 9.17) is 5.26 Å². The van der Waals surface area contributed by atoms with Crippen molar-refractivity contribution in [1.82, 2.24) is 0 Å². The van der Waals surface area contributed by atoms with Crippen LogP contribution in [0.4, 0.5) is 17.6 Å². The van der Waals surface area contributed by atoms with Crippen LogP contribution < -0.4 is 0 Å². The van der Waals surface area contributed by atoms with Gasteiger partial charge in [0.25, 0.3) is 0 Å².